The molecule has 1 aromatic heterocycles. The van der Waals surface area contributed by atoms with E-state index in [2.05, 4.69) is 10.3 Å². The number of benzene rings is 1. The number of amides is 1. The third-order valence-corrected chi connectivity index (χ3v) is 2.21. The lowest BCUT2D eigenvalue weighted by Gasteiger charge is -2.07. The van der Waals surface area contributed by atoms with E-state index in [-0.39, 0.29) is 5.69 Å². The van der Waals surface area contributed by atoms with Crippen LogP contribution in [0.2, 0.25) is 0 Å². The van der Waals surface area contributed by atoms with Crippen LogP contribution in [-0.4, -0.2) is 18.7 Å². The monoisotopic (exact) mass is 244 g/mol. The highest BCUT2D eigenvalue weighted by atomic mass is 19.1. The molecule has 0 fully saturated rings. The maximum Gasteiger partial charge on any atom is 0.261 e. The Morgan fingerprint density at radius 3 is 2.50 bits per heavy atom. The highest BCUT2D eigenvalue weighted by Gasteiger charge is 2.16. The predicted octanol–water partition coefficient (Wildman–Crippen LogP) is 1.41. The number of rotatable bonds is 2. The van der Waals surface area contributed by atoms with Crippen molar-refractivity contribution in [3.8, 4) is 0 Å². The summed E-state index contributed by atoms with van der Waals surface area (Å²) in [5.41, 5.74) is -0.0376. The van der Waals surface area contributed by atoms with Crippen LogP contribution in [0.3, 0.4) is 0 Å². The lowest BCUT2D eigenvalue weighted by molar-refractivity contribution is 0.101. The van der Waals surface area contributed by atoms with Crippen LogP contribution in [0.4, 0.5) is 14.5 Å². The number of halogens is 2. The first kappa shape index (κ1) is 12.2. The number of hydrogen-bond donors (Lipinski definition) is 1. The summed E-state index contributed by atoms with van der Waals surface area (Å²) in [5, 5.41) is 2.32. The van der Waals surface area contributed by atoms with Gasteiger partial charge in [0, 0.05) is 6.20 Å². The molecule has 0 aliphatic carbocycles. The Labute approximate surface area is 103 Å². The molecule has 0 aliphatic heterocycles. The van der Waals surface area contributed by atoms with Crippen LogP contribution >= 0.6 is 0 Å². The maximum atomic E-state index is 13.3. The molecule has 18 heavy (non-hydrogen) atoms. The summed E-state index contributed by atoms with van der Waals surface area (Å²) in [6.07, 6.45) is 2.71. The van der Waals surface area contributed by atoms with Gasteiger partial charge < -0.3 is 5.32 Å². The Balaban J connectivity index is 2.28. The number of carbonyl (C=O) groups excluding carboxylic acids is 1. The third kappa shape index (κ3) is 2.53. The van der Waals surface area contributed by atoms with Crippen molar-refractivity contribution in [1.29, 1.82) is 0 Å². The Kier molecular flexibility index (Phi) is 3.37. The van der Waals surface area contributed by atoms with Gasteiger partial charge in [0.2, 0.25) is 0 Å². The lowest BCUT2D eigenvalue weighted by atomic mass is 9.99. The minimum Gasteiger partial charge on any atom is -0.320 e. The first-order chi connectivity index (χ1) is 8.58. The van der Waals surface area contributed by atoms with Crippen molar-refractivity contribution in [3.05, 3.63) is 53.9 Å². The lowest BCUT2D eigenvalue weighted by Crippen LogP contribution is -2.17. The number of anilines is 1. The molecule has 1 heterocycles. The fourth-order valence-electron chi connectivity index (χ4n) is 1.43. The van der Waals surface area contributed by atoms with E-state index < -0.39 is 23.1 Å². The first-order valence-corrected chi connectivity index (χ1v) is 5.04. The van der Waals surface area contributed by atoms with E-state index in [0.717, 1.165) is 12.1 Å². The number of aromatic nitrogens is 1. The average Bonchev–Trinajstić information content (AvgIpc) is 2.28. The van der Waals surface area contributed by atoms with Crippen molar-refractivity contribution < 1.29 is 13.6 Å². The van der Waals surface area contributed by atoms with Crippen LogP contribution in [0.25, 0.3) is 0 Å². The molecule has 0 bridgehead atoms. The van der Waals surface area contributed by atoms with Gasteiger partial charge in [-0.15, -0.1) is 0 Å². The van der Waals surface area contributed by atoms with Crippen LogP contribution in [-0.2, 0) is 0 Å². The van der Waals surface area contributed by atoms with Gasteiger partial charge in [-0.1, -0.05) is 11.5 Å². The smallest absolute Gasteiger partial charge is 0.261 e. The molecule has 3 nitrogen and oxygen atoms in total. The largest absolute Gasteiger partial charge is 0.320 e. The Morgan fingerprint density at radius 1 is 1.22 bits per heavy atom. The van der Waals surface area contributed by atoms with Crippen molar-refractivity contribution in [3.63, 3.8) is 0 Å². The molecule has 0 saturated carbocycles. The van der Waals surface area contributed by atoms with Crippen LogP contribution in [0, 0.1) is 11.6 Å². The van der Waals surface area contributed by atoms with Crippen molar-refractivity contribution in [2.75, 3.05) is 5.32 Å². The summed E-state index contributed by atoms with van der Waals surface area (Å²) in [4.78, 5) is 15.5. The first-order valence-electron chi connectivity index (χ1n) is 5.04. The zero-order chi connectivity index (χ0) is 13.1. The van der Waals surface area contributed by atoms with Gasteiger partial charge in [0.15, 0.2) is 0 Å². The van der Waals surface area contributed by atoms with E-state index in [1.807, 2.05) is 0 Å². The molecule has 0 atom stereocenters. The molecule has 2 radical (unpaired) electrons. The number of nitrogens with zero attached hydrogens (tertiary/aromatic N) is 1. The molecule has 88 valence electrons. The Morgan fingerprint density at radius 2 is 1.89 bits per heavy atom. The molecule has 1 aromatic carbocycles. The number of nitrogens with one attached hydrogen (secondary N) is 1. The molecule has 0 saturated heterocycles. The summed E-state index contributed by atoms with van der Waals surface area (Å²) in [6, 6.07) is 4.64. The highest BCUT2D eigenvalue weighted by Crippen LogP contribution is 2.14. The van der Waals surface area contributed by atoms with Gasteiger partial charge in [-0.3, -0.25) is 9.78 Å². The van der Waals surface area contributed by atoms with Crippen LogP contribution in [0.1, 0.15) is 10.4 Å². The van der Waals surface area contributed by atoms with Crippen molar-refractivity contribution in [2.45, 2.75) is 0 Å². The van der Waals surface area contributed by atoms with Gasteiger partial charge >= 0.3 is 0 Å². The van der Waals surface area contributed by atoms with Crippen LogP contribution < -0.4 is 10.8 Å². The highest BCUT2D eigenvalue weighted by molar-refractivity contribution is 6.32. The van der Waals surface area contributed by atoms with Gasteiger partial charge in [0.1, 0.15) is 25.0 Å². The summed E-state index contributed by atoms with van der Waals surface area (Å²) >= 11 is 0. The fraction of sp³-hybridized carbons (Fsp3) is 0. The minimum atomic E-state index is -0.927. The summed E-state index contributed by atoms with van der Waals surface area (Å²) in [7, 11) is 5.47. The van der Waals surface area contributed by atoms with Crippen molar-refractivity contribution >= 4 is 24.9 Å². The van der Waals surface area contributed by atoms with E-state index in [9.17, 15) is 13.6 Å². The topological polar surface area (TPSA) is 42.0 Å². The second kappa shape index (κ2) is 4.95. The summed E-state index contributed by atoms with van der Waals surface area (Å²) in [6.45, 7) is 0. The second-order valence-corrected chi connectivity index (χ2v) is 3.56. The van der Waals surface area contributed by atoms with E-state index in [1.54, 1.807) is 0 Å². The normalized spacial score (nSPS) is 10.1. The molecular weight excluding hydrogens is 237 g/mol. The zero-order valence-electron chi connectivity index (χ0n) is 9.15. The zero-order valence-corrected chi connectivity index (χ0v) is 9.15. The summed E-state index contributed by atoms with van der Waals surface area (Å²) in [5.74, 6) is -2.74. The molecule has 1 N–H and O–H groups in total. The minimum absolute atomic E-state index is 0.266. The quantitative estimate of drug-likeness (QED) is 0.811. The van der Waals surface area contributed by atoms with Crippen molar-refractivity contribution in [1.82, 2.24) is 4.98 Å². The third-order valence-electron chi connectivity index (χ3n) is 2.21. The molecule has 2 aromatic rings. The van der Waals surface area contributed by atoms with E-state index in [1.165, 1.54) is 24.5 Å². The molecule has 1 amide bonds. The SMILES string of the molecule is [B]c1cncc(NC(=O)c2c(F)cccc2F)c1. The molecule has 0 unspecified atom stereocenters. The summed E-state index contributed by atoms with van der Waals surface area (Å²) < 4.78 is 26.7. The van der Waals surface area contributed by atoms with Gasteiger partial charge in [0.25, 0.3) is 5.91 Å². The van der Waals surface area contributed by atoms with Crippen LogP contribution in [0.5, 0.6) is 0 Å². The molecular formula is C12H7BF2N2O. The molecule has 0 spiro atoms. The molecule has 2 rings (SSSR count). The van der Waals surface area contributed by atoms with Gasteiger partial charge in [-0.25, -0.2) is 8.78 Å². The predicted molar refractivity (Wildman–Crippen MR) is 63.9 cm³/mol. The van der Waals surface area contributed by atoms with Crippen LogP contribution in [0.15, 0.2) is 36.7 Å². The Bertz CT molecular complexity index is 584. The fourth-order valence-corrected chi connectivity index (χ4v) is 1.43. The maximum absolute atomic E-state index is 13.3. The standard InChI is InChI=1S/C12H7BF2N2O/c13-7-4-8(6-16-5-7)17-12(18)11-9(14)2-1-3-10(11)15/h1-6H,(H,17,18). The number of hydrogen-bond acceptors (Lipinski definition) is 2. The van der Waals surface area contributed by atoms with E-state index in [4.69, 9.17) is 7.85 Å². The second-order valence-electron chi connectivity index (χ2n) is 3.56. The molecule has 6 heteroatoms. The number of carbonyl (C=O) groups is 1. The van der Waals surface area contributed by atoms with Gasteiger partial charge in [-0.05, 0) is 18.2 Å². The van der Waals surface area contributed by atoms with Crippen molar-refractivity contribution in [2.24, 2.45) is 0 Å². The Hall–Kier alpha value is -2.24. The van der Waals surface area contributed by atoms with Gasteiger partial charge in [0.05, 0.1) is 11.9 Å². The van der Waals surface area contributed by atoms with E-state index in [0.29, 0.717) is 5.46 Å². The average molecular weight is 244 g/mol. The van der Waals surface area contributed by atoms with E-state index >= 15 is 0 Å². The van der Waals surface area contributed by atoms with Gasteiger partial charge in [-0.2, -0.15) is 0 Å². The number of pyridine rings is 1. The molecule has 0 aliphatic rings.